The summed E-state index contributed by atoms with van der Waals surface area (Å²) in [7, 11) is 0. The van der Waals surface area contributed by atoms with Crippen LogP contribution in [0.2, 0.25) is 0 Å². The molecule has 2 heterocycles. The second-order valence-corrected chi connectivity index (χ2v) is 9.44. The molecule has 6 rings (SSSR count). The lowest BCUT2D eigenvalue weighted by Crippen LogP contribution is -2.24. The number of nitrogens with one attached hydrogen (secondary N) is 1. The lowest BCUT2D eigenvalue weighted by Gasteiger charge is -2.07. The molecule has 0 aromatic heterocycles. The third kappa shape index (κ3) is 5.15. The quantitative estimate of drug-likeness (QED) is 0.658. The van der Waals surface area contributed by atoms with Gasteiger partial charge in [-0.15, -0.1) is 12.4 Å². The molecule has 2 saturated carbocycles. The van der Waals surface area contributed by atoms with Crippen molar-refractivity contribution in [1.82, 2.24) is 5.32 Å². The molecule has 0 spiro atoms. The van der Waals surface area contributed by atoms with Crippen LogP contribution in [0.4, 0.5) is 0 Å². The van der Waals surface area contributed by atoms with Gasteiger partial charge >= 0.3 is 0 Å². The van der Waals surface area contributed by atoms with Crippen LogP contribution in [0, 0.1) is 11.8 Å². The van der Waals surface area contributed by atoms with E-state index in [4.69, 9.17) is 15.2 Å². The van der Waals surface area contributed by atoms with Gasteiger partial charge in [-0.05, 0) is 66.3 Å². The minimum Gasteiger partial charge on any atom is -0.493 e. The Labute approximate surface area is 202 Å². The normalized spacial score (nSPS) is 25.3. The highest BCUT2D eigenvalue weighted by Gasteiger charge is 2.40. The number of carbonyl (C=O) groups is 1. The van der Waals surface area contributed by atoms with E-state index in [9.17, 15) is 4.79 Å². The number of ether oxygens (including phenoxy) is 2. The highest BCUT2D eigenvalue weighted by molar-refractivity contribution is 5.85. The molecule has 178 valence electrons. The summed E-state index contributed by atoms with van der Waals surface area (Å²) in [4.78, 5) is 11.2. The van der Waals surface area contributed by atoms with Crippen molar-refractivity contribution in [2.24, 2.45) is 17.6 Å². The zero-order valence-corrected chi connectivity index (χ0v) is 20.2. The number of nitrogens with two attached hydrogens (primary N) is 1. The molecule has 2 aromatic rings. The van der Waals surface area contributed by atoms with Crippen LogP contribution >= 0.6 is 12.4 Å². The number of amides is 1. The second kappa shape index (κ2) is 10.4. The van der Waals surface area contributed by atoms with Gasteiger partial charge in [0.2, 0.25) is 5.91 Å². The number of hydrogen-bond acceptors (Lipinski definition) is 4. The molecule has 0 radical (unpaired) electrons. The number of benzene rings is 2. The first kappa shape index (κ1) is 23.9. The van der Waals surface area contributed by atoms with Crippen LogP contribution in [0.5, 0.6) is 11.5 Å². The van der Waals surface area contributed by atoms with Crippen molar-refractivity contribution >= 4 is 18.3 Å². The molecule has 4 aliphatic rings. The van der Waals surface area contributed by atoms with Crippen molar-refractivity contribution in [2.75, 3.05) is 26.3 Å². The molecular weight excluding hydrogens is 436 g/mol. The zero-order valence-electron chi connectivity index (χ0n) is 19.3. The van der Waals surface area contributed by atoms with Crippen molar-refractivity contribution in [2.45, 2.75) is 50.9 Å². The summed E-state index contributed by atoms with van der Waals surface area (Å²) in [5.74, 6) is 5.01. The molecule has 6 heteroatoms. The fraction of sp³-hybridized carbons (Fsp3) is 0.519. The van der Waals surface area contributed by atoms with Crippen molar-refractivity contribution in [3.63, 3.8) is 0 Å². The Kier molecular flexibility index (Phi) is 7.50. The van der Waals surface area contributed by atoms with E-state index in [-0.39, 0.29) is 18.3 Å². The summed E-state index contributed by atoms with van der Waals surface area (Å²) in [5, 5.41) is 2.99. The number of rotatable bonds is 6. The topological polar surface area (TPSA) is 73.6 Å². The summed E-state index contributed by atoms with van der Waals surface area (Å²) in [6, 6.07) is 12.8. The summed E-state index contributed by atoms with van der Waals surface area (Å²) < 4.78 is 11.2. The standard InChI is InChI=1S/C15H19NO2.C12H15NO.ClH/c1-2-15(17)16-9-10-8-13(10)11-4-3-5-14-12(11)6-7-18-14;13-7-8-6-11(8)9-2-1-3-12-10(9)4-5-14-12;/h3-5,10,13H,2,6-9H2,1H3,(H,16,17);1-3,8,11H,4-7,13H2;1H/t10-,13?;8-,11?;/m00./s1. The first-order valence-electron chi connectivity index (χ1n) is 12.2. The van der Waals surface area contributed by atoms with Crippen LogP contribution in [-0.2, 0) is 17.6 Å². The molecule has 2 unspecified atom stereocenters. The first-order chi connectivity index (χ1) is 15.7. The van der Waals surface area contributed by atoms with Crippen molar-refractivity contribution in [3.05, 3.63) is 58.7 Å². The maximum Gasteiger partial charge on any atom is 0.219 e. The van der Waals surface area contributed by atoms with E-state index in [2.05, 4.69) is 41.7 Å². The molecule has 2 fully saturated rings. The van der Waals surface area contributed by atoms with Gasteiger partial charge in [0.1, 0.15) is 11.5 Å². The van der Waals surface area contributed by atoms with E-state index in [1.165, 1.54) is 35.1 Å². The number of carbonyl (C=O) groups excluding carboxylic acids is 1. The molecule has 33 heavy (non-hydrogen) atoms. The third-order valence-electron chi connectivity index (χ3n) is 7.39. The van der Waals surface area contributed by atoms with Crippen LogP contribution in [0.15, 0.2) is 36.4 Å². The van der Waals surface area contributed by atoms with E-state index in [1.807, 2.05) is 6.92 Å². The van der Waals surface area contributed by atoms with Crippen molar-refractivity contribution in [1.29, 1.82) is 0 Å². The number of hydrogen-bond donors (Lipinski definition) is 2. The van der Waals surface area contributed by atoms with E-state index in [1.54, 1.807) is 0 Å². The van der Waals surface area contributed by atoms with Gasteiger partial charge < -0.3 is 20.5 Å². The zero-order chi connectivity index (χ0) is 22.1. The van der Waals surface area contributed by atoms with Crippen molar-refractivity contribution < 1.29 is 14.3 Å². The average molecular weight is 471 g/mol. The molecule has 4 atom stereocenters. The molecule has 0 saturated heterocycles. The van der Waals surface area contributed by atoms with Gasteiger partial charge in [0.25, 0.3) is 0 Å². The van der Waals surface area contributed by atoms with E-state index in [0.717, 1.165) is 62.5 Å². The summed E-state index contributed by atoms with van der Waals surface area (Å²) in [6.45, 7) is 5.21. The highest BCUT2D eigenvalue weighted by atomic mass is 35.5. The molecule has 3 N–H and O–H groups in total. The summed E-state index contributed by atoms with van der Waals surface area (Å²) in [5.41, 5.74) is 11.5. The van der Waals surface area contributed by atoms with Gasteiger partial charge in [0, 0.05) is 36.9 Å². The van der Waals surface area contributed by atoms with Crippen LogP contribution in [-0.4, -0.2) is 32.2 Å². The largest absolute Gasteiger partial charge is 0.493 e. The van der Waals surface area contributed by atoms with Crippen LogP contribution in [0.3, 0.4) is 0 Å². The predicted molar refractivity (Wildman–Crippen MR) is 133 cm³/mol. The van der Waals surface area contributed by atoms with Gasteiger partial charge in [-0.3, -0.25) is 4.79 Å². The lowest BCUT2D eigenvalue weighted by molar-refractivity contribution is -0.120. The Hall–Kier alpha value is -2.24. The van der Waals surface area contributed by atoms with E-state index < -0.39 is 0 Å². The Morgan fingerprint density at radius 1 is 0.939 bits per heavy atom. The Morgan fingerprint density at radius 3 is 2.00 bits per heavy atom. The average Bonchev–Trinajstić information content (AvgIpc) is 3.66. The Morgan fingerprint density at radius 2 is 1.48 bits per heavy atom. The molecule has 2 aliphatic carbocycles. The lowest BCUT2D eigenvalue weighted by atomic mass is 10.00. The predicted octanol–water partition coefficient (Wildman–Crippen LogP) is 4.36. The third-order valence-corrected chi connectivity index (χ3v) is 7.39. The maximum absolute atomic E-state index is 11.2. The minimum atomic E-state index is 0. The SMILES string of the molecule is CCC(=O)NC[C@@H]1CC1c1cccc2c1CCO2.Cl.NC[C@@H]1CC1c1cccc2c1CCO2. The number of fused-ring (bicyclic) bond motifs is 2. The molecule has 2 aromatic carbocycles. The monoisotopic (exact) mass is 470 g/mol. The van der Waals surface area contributed by atoms with Crippen molar-refractivity contribution in [3.8, 4) is 11.5 Å². The fourth-order valence-corrected chi connectivity index (χ4v) is 5.30. The fourth-order valence-electron chi connectivity index (χ4n) is 5.30. The van der Waals surface area contributed by atoms with Crippen LogP contribution in [0.25, 0.3) is 0 Å². The molecular formula is C27H35ClN2O3. The summed E-state index contributed by atoms with van der Waals surface area (Å²) in [6.07, 6.45) is 5.16. The molecule has 5 nitrogen and oxygen atoms in total. The van der Waals surface area contributed by atoms with Gasteiger partial charge in [-0.1, -0.05) is 31.2 Å². The number of halogens is 1. The Bertz CT molecular complexity index is 995. The maximum atomic E-state index is 11.2. The van der Waals surface area contributed by atoms with Crippen LogP contribution < -0.4 is 20.5 Å². The highest BCUT2D eigenvalue weighted by Crippen LogP contribution is 2.51. The van der Waals surface area contributed by atoms with Gasteiger partial charge in [-0.2, -0.15) is 0 Å². The van der Waals surface area contributed by atoms with E-state index in [0.29, 0.717) is 18.3 Å². The van der Waals surface area contributed by atoms with Crippen LogP contribution in [0.1, 0.15) is 60.3 Å². The Balaban J connectivity index is 0.000000157. The van der Waals surface area contributed by atoms with Gasteiger partial charge in [0.15, 0.2) is 0 Å². The van der Waals surface area contributed by atoms with E-state index >= 15 is 0 Å². The molecule has 1 amide bonds. The summed E-state index contributed by atoms with van der Waals surface area (Å²) >= 11 is 0. The molecule has 2 aliphatic heterocycles. The smallest absolute Gasteiger partial charge is 0.219 e. The van der Waals surface area contributed by atoms with Gasteiger partial charge in [-0.25, -0.2) is 0 Å². The first-order valence-corrected chi connectivity index (χ1v) is 12.2. The van der Waals surface area contributed by atoms with Gasteiger partial charge in [0.05, 0.1) is 13.2 Å². The minimum absolute atomic E-state index is 0. The molecule has 0 bridgehead atoms. The second-order valence-electron chi connectivity index (χ2n) is 9.44.